The van der Waals surface area contributed by atoms with Gasteiger partial charge in [0.2, 0.25) is 0 Å². The Morgan fingerprint density at radius 2 is 1.86 bits per heavy atom. The second-order valence-electron chi connectivity index (χ2n) is 4.32. The van der Waals surface area contributed by atoms with Gasteiger partial charge in [-0.05, 0) is 12.5 Å². The van der Waals surface area contributed by atoms with E-state index in [4.69, 9.17) is 34.8 Å². The van der Waals surface area contributed by atoms with E-state index in [2.05, 4.69) is 15.5 Å². The summed E-state index contributed by atoms with van der Waals surface area (Å²) in [6.07, 6.45) is 1.53. The molecule has 114 valence electrons. The van der Waals surface area contributed by atoms with Crippen molar-refractivity contribution < 1.29 is 9.90 Å². The maximum Gasteiger partial charge on any atom is 0.150 e. The van der Waals surface area contributed by atoms with E-state index in [-0.39, 0.29) is 20.9 Å². The number of aromatic nitrogens is 1. The van der Waals surface area contributed by atoms with Gasteiger partial charge in [-0.15, -0.1) is 0 Å². The number of anilines is 1. The molecule has 0 radical (unpaired) electrons. The van der Waals surface area contributed by atoms with Crippen molar-refractivity contribution in [3.63, 3.8) is 0 Å². The first kappa shape index (κ1) is 16.5. The predicted octanol–water partition coefficient (Wildman–Crippen LogP) is 3.16. The molecular weight excluding hydrogens is 349 g/mol. The Morgan fingerprint density at radius 3 is 2.45 bits per heavy atom. The summed E-state index contributed by atoms with van der Waals surface area (Å²) in [5.41, 5.74) is 4.07. The summed E-state index contributed by atoms with van der Waals surface area (Å²) in [4.78, 5) is 14.5. The standard InChI is InChI=1S/C14H10Cl3N3O2/c1-7-2-4-8(5-3-7)6-18-20-11-9(15)12(14(21)22)19-13(17)10(11)16/h2-6H,1H3,(H,19,20)(H,21,22)/p-1/b18-6-. The number of halogens is 3. The van der Waals surface area contributed by atoms with E-state index in [1.165, 1.54) is 6.21 Å². The number of rotatable bonds is 4. The molecule has 0 amide bonds. The van der Waals surface area contributed by atoms with Gasteiger partial charge < -0.3 is 9.90 Å². The molecule has 2 aromatic rings. The van der Waals surface area contributed by atoms with Crippen LogP contribution in [0, 0.1) is 6.92 Å². The molecule has 1 N–H and O–H groups in total. The van der Waals surface area contributed by atoms with Crippen LogP contribution < -0.4 is 10.5 Å². The highest BCUT2D eigenvalue weighted by atomic mass is 35.5. The molecular formula is C14H9Cl3N3O2-. The van der Waals surface area contributed by atoms with Crippen molar-refractivity contribution in [2.75, 3.05) is 5.43 Å². The van der Waals surface area contributed by atoms with Crippen LogP contribution in [-0.2, 0) is 0 Å². The fourth-order valence-corrected chi connectivity index (χ4v) is 2.23. The molecule has 0 bridgehead atoms. The molecule has 22 heavy (non-hydrogen) atoms. The second-order valence-corrected chi connectivity index (χ2v) is 5.44. The number of carboxylic acid groups (broad SMARTS) is 1. The van der Waals surface area contributed by atoms with Crippen molar-refractivity contribution in [1.29, 1.82) is 0 Å². The molecule has 0 spiro atoms. The number of aryl methyl sites for hydroxylation is 1. The van der Waals surface area contributed by atoms with Gasteiger partial charge in [-0.2, -0.15) is 5.10 Å². The summed E-state index contributed by atoms with van der Waals surface area (Å²) in [5.74, 6) is -1.56. The van der Waals surface area contributed by atoms with E-state index in [0.29, 0.717) is 0 Å². The van der Waals surface area contributed by atoms with Gasteiger partial charge >= 0.3 is 0 Å². The smallest absolute Gasteiger partial charge is 0.150 e. The molecule has 5 nitrogen and oxygen atoms in total. The molecule has 8 heteroatoms. The number of nitrogens with zero attached hydrogens (tertiary/aromatic N) is 2. The molecule has 0 aliphatic carbocycles. The fourth-order valence-electron chi connectivity index (χ4n) is 1.57. The minimum atomic E-state index is -1.56. The van der Waals surface area contributed by atoms with Crippen molar-refractivity contribution in [2.45, 2.75) is 6.92 Å². The van der Waals surface area contributed by atoms with Gasteiger partial charge in [-0.1, -0.05) is 64.6 Å². The number of benzene rings is 1. The Labute approximate surface area is 141 Å². The van der Waals surface area contributed by atoms with E-state index >= 15 is 0 Å². The monoisotopic (exact) mass is 356 g/mol. The van der Waals surface area contributed by atoms with Crippen LogP contribution in [0.2, 0.25) is 15.2 Å². The minimum Gasteiger partial charge on any atom is -0.543 e. The van der Waals surface area contributed by atoms with Gasteiger partial charge in [0.25, 0.3) is 0 Å². The molecule has 1 aromatic heterocycles. The fraction of sp³-hybridized carbons (Fsp3) is 0.0714. The minimum absolute atomic E-state index is 0.0299. The number of pyridine rings is 1. The summed E-state index contributed by atoms with van der Waals surface area (Å²) in [7, 11) is 0. The van der Waals surface area contributed by atoms with Crippen LogP contribution in [0.5, 0.6) is 0 Å². The van der Waals surface area contributed by atoms with E-state index in [9.17, 15) is 9.90 Å². The molecule has 0 fully saturated rings. The third kappa shape index (κ3) is 3.68. The van der Waals surface area contributed by atoms with Gasteiger partial charge in [0.1, 0.15) is 10.7 Å². The quantitative estimate of drug-likeness (QED) is 0.518. The number of carbonyl (C=O) groups is 1. The molecule has 1 heterocycles. The Kier molecular flexibility index (Phi) is 5.24. The Morgan fingerprint density at radius 1 is 1.23 bits per heavy atom. The van der Waals surface area contributed by atoms with Crippen LogP contribution in [0.25, 0.3) is 0 Å². The molecule has 0 atom stereocenters. The maximum absolute atomic E-state index is 10.9. The summed E-state index contributed by atoms with van der Waals surface area (Å²) in [6, 6.07) is 7.60. The van der Waals surface area contributed by atoms with E-state index in [0.717, 1.165) is 11.1 Å². The lowest BCUT2D eigenvalue weighted by Gasteiger charge is -2.12. The topological polar surface area (TPSA) is 77.4 Å². The van der Waals surface area contributed by atoms with Crippen molar-refractivity contribution in [1.82, 2.24) is 4.98 Å². The van der Waals surface area contributed by atoms with Crippen molar-refractivity contribution in [2.24, 2.45) is 5.10 Å². The number of carboxylic acids is 1. The second kappa shape index (κ2) is 6.96. The van der Waals surface area contributed by atoms with E-state index in [1.54, 1.807) is 0 Å². The average molecular weight is 358 g/mol. The van der Waals surface area contributed by atoms with Crippen molar-refractivity contribution in [3.05, 3.63) is 56.3 Å². The number of nitrogens with one attached hydrogen (secondary N) is 1. The van der Waals surface area contributed by atoms with Crippen molar-refractivity contribution in [3.8, 4) is 0 Å². The van der Waals surface area contributed by atoms with E-state index < -0.39 is 11.7 Å². The van der Waals surface area contributed by atoms with Crippen LogP contribution in [0.3, 0.4) is 0 Å². The lowest BCUT2D eigenvalue weighted by Crippen LogP contribution is -2.24. The van der Waals surface area contributed by atoms with Crippen LogP contribution in [0.1, 0.15) is 21.6 Å². The molecule has 0 unspecified atom stereocenters. The first-order valence-corrected chi connectivity index (χ1v) is 7.15. The van der Waals surface area contributed by atoms with Gasteiger partial charge in [0, 0.05) is 0 Å². The Bertz CT molecular complexity index is 746. The molecule has 1 aromatic carbocycles. The van der Waals surface area contributed by atoms with Gasteiger partial charge in [-0.3, -0.25) is 5.43 Å². The van der Waals surface area contributed by atoms with E-state index in [1.807, 2.05) is 31.2 Å². The normalized spacial score (nSPS) is 10.9. The summed E-state index contributed by atoms with van der Waals surface area (Å²) < 4.78 is 0. The van der Waals surface area contributed by atoms with Crippen molar-refractivity contribution >= 4 is 52.7 Å². The molecule has 0 aliphatic rings. The molecule has 0 aliphatic heterocycles. The zero-order chi connectivity index (χ0) is 16.3. The highest BCUT2D eigenvalue weighted by Crippen LogP contribution is 2.36. The Hall–Kier alpha value is -1.82. The highest BCUT2D eigenvalue weighted by molar-refractivity contribution is 6.46. The first-order chi connectivity index (χ1) is 10.4. The first-order valence-electron chi connectivity index (χ1n) is 6.01. The number of carbonyl (C=O) groups excluding carboxylic acids is 1. The third-order valence-corrected chi connectivity index (χ3v) is 3.80. The van der Waals surface area contributed by atoms with Crippen LogP contribution in [0.15, 0.2) is 29.4 Å². The zero-order valence-electron chi connectivity index (χ0n) is 11.2. The van der Waals surface area contributed by atoms with Gasteiger partial charge in [0.15, 0.2) is 5.15 Å². The third-order valence-electron chi connectivity index (χ3n) is 2.70. The average Bonchev–Trinajstić information content (AvgIpc) is 2.48. The largest absolute Gasteiger partial charge is 0.543 e. The maximum atomic E-state index is 10.9. The molecule has 2 rings (SSSR count). The van der Waals surface area contributed by atoms with Gasteiger partial charge in [-0.25, -0.2) is 4.98 Å². The SMILES string of the molecule is Cc1ccc(/C=N\Nc2c(Cl)c(Cl)nc(C(=O)[O-])c2Cl)cc1. The lowest BCUT2D eigenvalue weighted by molar-refractivity contribution is -0.255. The molecule has 0 saturated carbocycles. The van der Waals surface area contributed by atoms with Gasteiger partial charge in [0.05, 0.1) is 22.9 Å². The zero-order valence-corrected chi connectivity index (χ0v) is 13.5. The number of hydrogen-bond acceptors (Lipinski definition) is 5. The summed E-state index contributed by atoms with van der Waals surface area (Å²) in [5, 5.41) is 14.4. The molecule has 0 saturated heterocycles. The number of aromatic carboxylic acids is 1. The summed E-state index contributed by atoms with van der Waals surface area (Å²) >= 11 is 17.6. The Balaban J connectivity index is 2.29. The lowest BCUT2D eigenvalue weighted by atomic mass is 10.2. The summed E-state index contributed by atoms with van der Waals surface area (Å²) in [6.45, 7) is 1.97. The van der Waals surface area contributed by atoms with Crippen LogP contribution >= 0.6 is 34.8 Å². The highest BCUT2D eigenvalue weighted by Gasteiger charge is 2.16. The predicted molar refractivity (Wildman–Crippen MR) is 86.0 cm³/mol. The number of hydrogen-bond donors (Lipinski definition) is 1. The van der Waals surface area contributed by atoms with Crippen LogP contribution in [0.4, 0.5) is 5.69 Å². The van der Waals surface area contributed by atoms with Crippen LogP contribution in [-0.4, -0.2) is 17.2 Å². The number of hydrazone groups is 1.